The van der Waals surface area contributed by atoms with Crippen LogP contribution in [0.2, 0.25) is 0 Å². The van der Waals surface area contributed by atoms with E-state index in [9.17, 15) is 13.5 Å². The van der Waals surface area contributed by atoms with Gasteiger partial charge in [0.2, 0.25) is 10.0 Å². The van der Waals surface area contributed by atoms with Gasteiger partial charge >= 0.3 is 0 Å². The van der Waals surface area contributed by atoms with E-state index < -0.39 is 16.1 Å². The highest BCUT2D eigenvalue weighted by atomic mass is 32.2. The van der Waals surface area contributed by atoms with Crippen LogP contribution in [0.1, 0.15) is 25.7 Å². The fourth-order valence-electron chi connectivity index (χ4n) is 3.75. The molecule has 1 aliphatic heterocycles. The highest BCUT2D eigenvalue weighted by molar-refractivity contribution is 7.89. The first-order valence-corrected chi connectivity index (χ1v) is 9.41. The molecule has 2 aliphatic rings. The minimum atomic E-state index is -3.55. The van der Waals surface area contributed by atoms with E-state index >= 15 is 0 Å². The molecule has 0 radical (unpaired) electrons. The van der Waals surface area contributed by atoms with Gasteiger partial charge < -0.3 is 5.11 Å². The molecule has 1 aromatic rings. The first-order valence-electron chi connectivity index (χ1n) is 7.97. The Labute approximate surface area is 132 Å². The molecule has 5 nitrogen and oxygen atoms in total. The van der Waals surface area contributed by atoms with Crippen molar-refractivity contribution in [1.29, 1.82) is 0 Å². The Kier molecular flexibility index (Phi) is 4.54. The summed E-state index contributed by atoms with van der Waals surface area (Å²) in [5.74, 6) is 0. The summed E-state index contributed by atoms with van der Waals surface area (Å²) in [5, 5.41) is 10.6. The summed E-state index contributed by atoms with van der Waals surface area (Å²) in [4.78, 5) is 2.60. The second kappa shape index (κ2) is 6.28. The summed E-state index contributed by atoms with van der Waals surface area (Å²) < 4.78 is 26.8. The van der Waals surface area contributed by atoms with E-state index in [0.717, 1.165) is 19.5 Å². The second-order valence-electron chi connectivity index (χ2n) is 6.28. The van der Waals surface area contributed by atoms with Gasteiger partial charge in [-0.1, -0.05) is 18.2 Å². The van der Waals surface area contributed by atoms with Crippen LogP contribution in [0.3, 0.4) is 0 Å². The third-order valence-corrected chi connectivity index (χ3v) is 6.94. The first kappa shape index (κ1) is 15.9. The summed E-state index contributed by atoms with van der Waals surface area (Å²) in [6, 6.07) is 8.21. The number of aliphatic hydroxyl groups is 1. The topological polar surface area (TPSA) is 60.9 Å². The molecule has 3 rings (SSSR count). The van der Waals surface area contributed by atoms with E-state index in [1.165, 1.54) is 17.1 Å². The van der Waals surface area contributed by atoms with Crippen LogP contribution in [0.5, 0.6) is 0 Å². The zero-order chi connectivity index (χ0) is 15.7. The first-order chi connectivity index (χ1) is 10.5. The molecule has 0 unspecified atom stereocenters. The largest absolute Gasteiger partial charge is 0.390 e. The monoisotopic (exact) mass is 324 g/mol. The lowest BCUT2D eigenvalue weighted by Crippen LogP contribution is -2.48. The van der Waals surface area contributed by atoms with Crippen LogP contribution in [-0.4, -0.2) is 61.1 Å². The minimum Gasteiger partial charge on any atom is -0.390 e. The van der Waals surface area contributed by atoms with Crippen molar-refractivity contribution >= 4 is 10.0 Å². The molecule has 0 aromatic heterocycles. The van der Waals surface area contributed by atoms with Gasteiger partial charge in [0, 0.05) is 13.1 Å². The molecule has 1 saturated carbocycles. The van der Waals surface area contributed by atoms with E-state index in [1.807, 2.05) is 0 Å². The molecule has 1 N–H and O–H groups in total. The number of likely N-dealkylation sites (tertiary alicyclic amines) is 1. The van der Waals surface area contributed by atoms with Crippen LogP contribution in [0.25, 0.3) is 0 Å². The van der Waals surface area contributed by atoms with Crippen molar-refractivity contribution in [2.24, 2.45) is 0 Å². The zero-order valence-electron chi connectivity index (χ0n) is 12.9. The van der Waals surface area contributed by atoms with Gasteiger partial charge in [-0.3, -0.25) is 4.90 Å². The SMILES string of the molecule is CN([C@@H]1CC[C@@H](N2CCCC2)[C@@H]1O)S(=O)(=O)c1ccccc1. The highest BCUT2D eigenvalue weighted by Gasteiger charge is 2.43. The molecule has 0 amide bonds. The van der Waals surface area contributed by atoms with Crippen LogP contribution in [0, 0.1) is 0 Å². The molecular weight excluding hydrogens is 300 g/mol. The Bertz CT molecular complexity index is 599. The predicted octanol–water partition coefficient (Wildman–Crippen LogP) is 1.29. The maximum absolute atomic E-state index is 12.7. The van der Waals surface area contributed by atoms with Gasteiger partial charge in [0.1, 0.15) is 0 Å². The molecular formula is C16H24N2O3S. The van der Waals surface area contributed by atoms with Crippen molar-refractivity contribution in [2.45, 2.75) is 48.8 Å². The Morgan fingerprint density at radius 3 is 2.41 bits per heavy atom. The summed E-state index contributed by atoms with van der Waals surface area (Å²) >= 11 is 0. The summed E-state index contributed by atoms with van der Waals surface area (Å²) in [5.41, 5.74) is 0. The lowest BCUT2D eigenvalue weighted by atomic mass is 10.1. The standard InChI is InChI=1S/C16H24N2O3S/c1-17(22(20,21)13-7-3-2-4-8-13)14-9-10-15(16(14)19)18-11-5-6-12-18/h2-4,7-8,14-16,19H,5-6,9-12H2,1H3/t14-,15-,16-/m1/s1. The van der Waals surface area contributed by atoms with Crippen molar-refractivity contribution in [3.63, 3.8) is 0 Å². The average molecular weight is 324 g/mol. The van der Waals surface area contributed by atoms with E-state index in [4.69, 9.17) is 0 Å². The van der Waals surface area contributed by atoms with Crippen molar-refractivity contribution in [1.82, 2.24) is 9.21 Å². The van der Waals surface area contributed by atoms with Gasteiger partial charge in [0.15, 0.2) is 0 Å². The quantitative estimate of drug-likeness (QED) is 0.907. The number of hydrogen-bond acceptors (Lipinski definition) is 4. The van der Waals surface area contributed by atoms with Gasteiger partial charge in [-0.2, -0.15) is 4.31 Å². The van der Waals surface area contributed by atoms with Crippen LogP contribution in [0.15, 0.2) is 35.2 Å². The second-order valence-corrected chi connectivity index (χ2v) is 8.28. The number of hydrogen-bond donors (Lipinski definition) is 1. The molecule has 122 valence electrons. The van der Waals surface area contributed by atoms with Crippen molar-refractivity contribution < 1.29 is 13.5 Å². The smallest absolute Gasteiger partial charge is 0.243 e. The van der Waals surface area contributed by atoms with Crippen LogP contribution >= 0.6 is 0 Å². The van der Waals surface area contributed by atoms with E-state index in [-0.39, 0.29) is 17.0 Å². The Morgan fingerprint density at radius 2 is 1.77 bits per heavy atom. The van der Waals surface area contributed by atoms with Gasteiger partial charge in [-0.25, -0.2) is 8.42 Å². The zero-order valence-corrected chi connectivity index (χ0v) is 13.7. The van der Waals surface area contributed by atoms with Crippen LogP contribution < -0.4 is 0 Å². The summed E-state index contributed by atoms with van der Waals surface area (Å²) in [7, 11) is -1.96. The molecule has 1 aliphatic carbocycles. The molecule has 1 aromatic carbocycles. The summed E-state index contributed by atoms with van der Waals surface area (Å²) in [6.45, 7) is 2.03. The molecule has 1 heterocycles. The van der Waals surface area contributed by atoms with Gasteiger partial charge in [0.25, 0.3) is 0 Å². The van der Waals surface area contributed by atoms with E-state index in [1.54, 1.807) is 37.4 Å². The van der Waals surface area contributed by atoms with Gasteiger partial charge in [0.05, 0.1) is 17.0 Å². The average Bonchev–Trinajstić information content (AvgIpc) is 3.16. The lowest BCUT2D eigenvalue weighted by Gasteiger charge is -2.31. The fraction of sp³-hybridized carbons (Fsp3) is 0.625. The molecule has 1 saturated heterocycles. The third-order valence-electron chi connectivity index (χ3n) is 5.04. The maximum Gasteiger partial charge on any atom is 0.243 e. The van der Waals surface area contributed by atoms with Crippen LogP contribution in [0.4, 0.5) is 0 Å². The number of sulfonamides is 1. The van der Waals surface area contributed by atoms with Gasteiger partial charge in [-0.15, -0.1) is 0 Å². The number of rotatable bonds is 4. The predicted molar refractivity (Wildman–Crippen MR) is 85.0 cm³/mol. The number of likely N-dealkylation sites (N-methyl/N-ethyl adjacent to an activating group) is 1. The Balaban J connectivity index is 1.76. The van der Waals surface area contributed by atoms with Gasteiger partial charge in [-0.05, 0) is 50.9 Å². The van der Waals surface area contributed by atoms with Crippen LogP contribution in [-0.2, 0) is 10.0 Å². The molecule has 0 spiro atoms. The van der Waals surface area contributed by atoms with E-state index in [2.05, 4.69) is 4.90 Å². The molecule has 2 fully saturated rings. The van der Waals surface area contributed by atoms with Crippen molar-refractivity contribution in [3.8, 4) is 0 Å². The number of aliphatic hydroxyl groups excluding tert-OH is 1. The minimum absolute atomic E-state index is 0.0981. The number of nitrogens with zero attached hydrogens (tertiary/aromatic N) is 2. The normalized spacial score (nSPS) is 30.2. The van der Waals surface area contributed by atoms with Crippen molar-refractivity contribution in [3.05, 3.63) is 30.3 Å². The lowest BCUT2D eigenvalue weighted by molar-refractivity contribution is 0.0536. The van der Waals surface area contributed by atoms with E-state index in [0.29, 0.717) is 6.42 Å². The van der Waals surface area contributed by atoms with Crippen molar-refractivity contribution in [2.75, 3.05) is 20.1 Å². The number of benzene rings is 1. The third kappa shape index (κ3) is 2.80. The molecule has 22 heavy (non-hydrogen) atoms. The summed E-state index contributed by atoms with van der Waals surface area (Å²) in [6.07, 6.45) is 3.31. The maximum atomic E-state index is 12.7. The Morgan fingerprint density at radius 1 is 1.14 bits per heavy atom. The fourth-order valence-corrected chi connectivity index (χ4v) is 5.17. The molecule has 3 atom stereocenters. The molecule has 6 heteroatoms. The molecule has 0 bridgehead atoms. The Hall–Kier alpha value is -0.950. The highest BCUT2D eigenvalue weighted by Crippen LogP contribution is 2.32.